The van der Waals surface area contributed by atoms with Crippen molar-refractivity contribution in [1.82, 2.24) is 4.90 Å². The van der Waals surface area contributed by atoms with Crippen molar-refractivity contribution in [2.24, 2.45) is 0 Å². The minimum atomic E-state index is -0.325. The molecule has 0 aliphatic heterocycles. The summed E-state index contributed by atoms with van der Waals surface area (Å²) in [5, 5.41) is 11.3. The molecule has 3 aromatic rings. The maximum absolute atomic E-state index is 13.0. The molecule has 0 bridgehead atoms. The zero-order valence-electron chi connectivity index (χ0n) is 15.6. The second-order valence-electron chi connectivity index (χ2n) is 6.53. The average Bonchev–Trinajstić information content (AvgIpc) is 2.72. The molecule has 1 atom stereocenters. The van der Waals surface area contributed by atoms with Gasteiger partial charge in [-0.1, -0.05) is 54.6 Å². The van der Waals surface area contributed by atoms with Gasteiger partial charge in [-0.05, 0) is 41.0 Å². The van der Waals surface area contributed by atoms with Crippen LogP contribution in [0.2, 0.25) is 0 Å². The van der Waals surface area contributed by atoms with E-state index >= 15 is 0 Å². The zero-order chi connectivity index (χ0) is 19.2. The standard InChI is InChI=1S/C23H22N2O2/c1-17(19-8-9-21-15-22(27-2)11-10-20(21)14-19)23(26)25(13-12-24)16-18-6-4-3-5-7-18/h3-11,14-15,17H,13,16H2,1-2H3/t17-/m0/s1. The zero-order valence-corrected chi connectivity index (χ0v) is 15.6. The smallest absolute Gasteiger partial charge is 0.230 e. The Morgan fingerprint density at radius 1 is 1.07 bits per heavy atom. The normalized spacial score (nSPS) is 11.6. The van der Waals surface area contributed by atoms with Gasteiger partial charge in [0, 0.05) is 6.54 Å². The maximum Gasteiger partial charge on any atom is 0.230 e. The summed E-state index contributed by atoms with van der Waals surface area (Å²) >= 11 is 0. The summed E-state index contributed by atoms with van der Waals surface area (Å²) in [7, 11) is 1.65. The van der Waals surface area contributed by atoms with Crippen LogP contribution in [0.15, 0.2) is 66.7 Å². The third-order valence-corrected chi connectivity index (χ3v) is 4.73. The van der Waals surface area contributed by atoms with E-state index in [9.17, 15) is 4.79 Å². The number of nitriles is 1. The highest BCUT2D eigenvalue weighted by Gasteiger charge is 2.22. The Hall–Kier alpha value is -3.32. The number of hydrogen-bond donors (Lipinski definition) is 0. The van der Waals surface area contributed by atoms with Crippen molar-refractivity contribution in [2.75, 3.05) is 13.7 Å². The Bertz CT molecular complexity index is 977. The molecule has 4 nitrogen and oxygen atoms in total. The van der Waals surface area contributed by atoms with Crippen molar-refractivity contribution in [2.45, 2.75) is 19.4 Å². The third kappa shape index (κ3) is 4.27. The quantitative estimate of drug-likeness (QED) is 0.610. The molecule has 3 aromatic carbocycles. The van der Waals surface area contributed by atoms with Crippen LogP contribution in [0, 0.1) is 11.3 Å². The van der Waals surface area contributed by atoms with Crippen molar-refractivity contribution in [1.29, 1.82) is 5.26 Å². The van der Waals surface area contributed by atoms with Gasteiger partial charge in [0.05, 0.1) is 19.1 Å². The topological polar surface area (TPSA) is 53.3 Å². The first kappa shape index (κ1) is 18.5. The summed E-state index contributed by atoms with van der Waals surface area (Å²) in [6.45, 7) is 2.40. The van der Waals surface area contributed by atoms with E-state index in [0.717, 1.165) is 27.6 Å². The number of fused-ring (bicyclic) bond motifs is 1. The summed E-state index contributed by atoms with van der Waals surface area (Å²) in [6, 6.07) is 23.7. The van der Waals surface area contributed by atoms with Gasteiger partial charge in [0.2, 0.25) is 5.91 Å². The van der Waals surface area contributed by atoms with Crippen LogP contribution in [0.3, 0.4) is 0 Å². The van der Waals surface area contributed by atoms with Crippen LogP contribution in [0.1, 0.15) is 24.0 Å². The maximum atomic E-state index is 13.0. The van der Waals surface area contributed by atoms with Crippen LogP contribution < -0.4 is 4.74 Å². The monoisotopic (exact) mass is 358 g/mol. The first-order valence-electron chi connectivity index (χ1n) is 8.89. The number of rotatable bonds is 6. The largest absolute Gasteiger partial charge is 0.497 e. The van der Waals surface area contributed by atoms with Gasteiger partial charge in [-0.25, -0.2) is 0 Å². The molecular formula is C23H22N2O2. The molecule has 0 aliphatic carbocycles. The van der Waals surface area contributed by atoms with Crippen molar-refractivity contribution < 1.29 is 9.53 Å². The van der Waals surface area contributed by atoms with Gasteiger partial charge in [0.15, 0.2) is 0 Å². The van der Waals surface area contributed by atoms with E-state index in [-0.39, 0.29) is 18.4 Å². The van der Waals surface area contributed by atoms with Crippen LogP contribution in [-0.4, -0.2) is 24.5 Å². The lowest BCUT2D eigenvalue weighted by Gasteiger charge is -2.24. The van der Waals surface area contributed by atoms with Crippen LogP contribution in [-0.2, 0) is 11.3 Å². The Balaban J connectivity index is 1.83. The van der Waals surface area contributed by atoms with E-state index in [1.165, 1.54) is 0 Å². The Morgan fingerprint density at radius 2 is 1.78 bits per heavy atom. The molecule has 0 saturated heterocycles. The second-order valence-corrected chi connectivity index (χ2v) is 6.53. The highest BCUT2D eigenvalue weighted by atomic mass is 16.5. The number of hydrogen-bond acceptors (Lipinski definition) is 3. The lowest BCUT2D eigenvalue weighted by atomic mass is 9.96. The molecule has 0 fully saturated rings. The SMILES string of the molecule is COc1ccc2cc([C@H](C)C(=O)N(CC#N)Cc3ccccc3)ccc2c1. The molecule has 4 heteroatoms. The van der Waals surface area contributed by atoms with Crippen LogP contribution >= 0.6 is 0 Å². The van der Waals surface area contributed by atoms with Gasteiger partial charge >= 0.3 is 0 Å². The van der Waals surface area contributed by atoms with Gasteiger partial charge in [-0.2, -0.15) is 5.26 Å². The number of methoxy groups -OCH3 is 1. The molecule has 0 aromatic heterocycles. The average molecular weight is 358 g/mol. The summed E-state index contributed by atoms with van der Waals surface area (Å²) in [4.78, 5) is 14.6. The van der Waals surface area contributed by atoms with Gasteiger partial charge in [0.1, 0.15) is 12.3 Å². The molecule has 1 amide bonds. The highest BCUT2D eigenvalue weighted by Crippen LogP contribution is 2.26. The molecule has 0 heterocycles. The Kier molecular flexibility index (Phi) is 5.73. The molecule has 0 spiro atoms. The van der Waals surface area contributed by atoms with E-state index in [0.29, 0.717) is 6.54 Å². The molecule has 0 N–H and O–H groups in total. The van der Waals surface area contributed by atoms with Gasteiger partial charge in [-0.15, -0.1) is 0 Å². The van der Waals surface area contributed by atoms with Crippen LogP contribution in [0.25, 0.3) is 10.8 Å². The lowest BCUT2D eigenvalue weighted by molar-refractivity contribution is -0.132. The van der Waals surface area contributed by atoms with Crippen molar-refractivity contribution in [3.63, 3.8) is 0 Å². The number of carbonyl (C=O) groups excluding carboxylic acids is 1. The predicted molar refractivity (Wildman–Crippen MR) is 106 cm³/mol. The predicted octanol–water partition coefficient (Wildman–Crippen LogP) is 4.50. The van der Waals surface area contributed by atoms with Crippen LogP contribution in [0.4, 0.5) is 0 Å². The van der Waals surface area contributed by atoms with Gasteiger partial charge in [-0.3, -0.25) is 4.79 Å². The molecule has 0 unspecified atom stereocenters. The van der Waals surface area contributed by atoms with E-state index in [2.05, 4.69) is 6.07 Å². The highest BCUT2D eigenvalue weighted by molar-refractivity contribution is 5.88. The summed E-state index contributed by atoms with van der Waals surface area (Å²) in [5.74, 6) is 0.434. The van der Waals surface area contributed by atoms with Crippen LogP contribution in [0.5, 0.6) is 5.75 Å². The van der Waals surface area contributed by atoms with Crippen molar-refractivity contribution >= 4 is 16.7 Å². The van der Waals surface area contributed by atoms with Gasteiger partial charge < -0.3 is 9.64 Å². The fourth-order valence-corrected chi connectivity index (χ4v) is 3.16. The number of ether oxygens (including phenoxy) is 1. The summed E-state index contributed by atoms with van der Waals surface area (Å²) in [5.41, 5.74) is 1.95. The number of amides is 1. The lowest BCUT2D eigenvalue weighted by Crippen LogP contribution is -2.34. The Morgan fingerprint density at radius 3 is 2.48 bits per heavy atom. The number of nitrogens with zero attached hydrogens (tertiary/aromatic N) is 2. The fraction of sp³-hybridized carbons (Fsp3) is 0.217. The molecule has 3 rings (SSSR count). The number of benzene rings is 3. The fourth-order valence-electron chi connectivity index (χ4n) is 3.16. The van der Waals surface area contributed by atoms with Gasteiger partial charge in [0.25, 0.3) is 0 Å². The number of carbonyl (C=O) groups is 1. The van der Waals surface area contributed by atoms with Crippen molar-refractivity contribution in [3.05, 3.63) is 77.9 Å². The third-order valence-electron chi connectivity index (χ3n) is 4.73. The molecule has 0 radical (unpaired) electrons. The molecule has 27 heavy (non-hydrogen) atoms. The van der Waals surface area contributed by atoms with E-state index in [1.807, 2.05) is 73.7 Å². The first-order chi connectivity index (χ1) is 13.1. The minimum Gasteiger partial charge on any atom is -0.497 e. The van der Waals surface area contributed by atoms with E-state index in [4.69, 9.17) is 10.00 Å². The summed E-state index contributed by atoms with van der Waals surface area (Å²) in [6.07, 6.45) is 0. The minimum absolute atomic E-state index is 0.0479. The van der Waals surface area contributed by atoms with E-state index in [1.54, 1.807) is 12.0 Å². The Labute approximate surface area is 159 Å². The van der Waals surface area contributed by atoms with Crippen molar-refractivity contribution in [3.8, 4) is 11.8 Å². The summed E-state index contributed by atoms with van der Waals surface area (Å²) < 4.78 is 5.26. The molecule has 0 aliphatic rings. The van der Waals surface area contributed by atoms with E-state index < -0.39 is 0 Å². The first-order valence-corrected chi connectivity index (χ1v) is 8.89. The second kappa shape index (κ2) is 8.37. The molecule has 0 saturated carbocycles. The molecule has 136 valence electrons. The molecular weight excluding hydrogens is 336 g/mol.